The van der Waals surface area contributed by atoms with Gasteiger partial charge in [-0.2, -0.15) is 0 Å². The van der Waals surface area contributed by atoms with Gasteiger partial charge >= 0.3 is 5.97 Å². The molecule has 4 bridgehead atoms. The molecule has 0 spiro atoms. The van der Waals surface area contributed by atoms with E-state index >= 15 is 0 Å². The minimum absolute atomic E-state index is 0.0878. The van der Waals surface area contributed by atoms with Gasteiger partial charge in [-0.3, -0.25) is 9.59 Å². The molecule has 136 heavy (non-hydrogen) atoms. The number of hydrogen-bond donors (Lipinski definition) is 20. The largest absolute Gasteiger partial charge is 0.479 e. The van der Waals surface area contributed by atoms with Crippen LogP contribution in [0.4, 0.5) is 0 Å². The van der Waals surface area contributed by atoms with Crippen LogP contribution in [-0.4, -0.2) is 442 Å². The molecule has 20 N–H and O–H groups in total. The average molecular weight is 1970 g/mol. The van der Waals surface area contributed by atoms with Crippen LogP contribution in [0.3, 0.4) is 0 Å². The first kappa shape index (κ1) is 120. The number of aliphatic hydroxyl groups excluding tert-OH is 17. The summed E-state index contributed by atoms with van der Waals surface area (Å²) in [6.45, 7) is 25.8. The van der Waals surface area contributed by atoms with E-state index in [2.05, 4.69) is 10.6 Å². The van der Waals surface area contributed by atoms with Gasteiger partial charge in [0.15, 0.2) is 42.8 Å². The number of ether oxygens (including phenoxy) is 19. The SMILES string of the molecule is C(CCC1CO1)CC1CO1.CC(=O)NC1C(C)OC(CO)C(OC2OC(C(=O)O)C(C)C(O)C2CO)C1O.CC(=O)NC1C(C)OC2COCC(O)CCCCC(O)COC(C)(C)OCC3OC(C)C(CO)C(O)C3OC3OC(COC(C)(C)OCC(O)CCCCC(O)COOCC4OC(OC2C1O)C(O)C(O)C4C)C(C)C(O)C3CO.COC1OC(COC(C)(C)C)C(C)C(O)C1CO. The Balaban J connectivity index is 0.000000356. The topological polar surface area (TPSA) is 640 Å². The monoisotopic (exact) mass is 1970 g/mol. The van der Waals surface area contributed by atoms with Crippen LogP contribution in [0.1, 0.15) is 188 Å². The van der Waals surface area contributed by atoms with Crippen molar-refractivity contribution in [3.63, 3.8) is 0 Å². The first-order valence-corrected chi connectivity index (χ1v) is 48.4. The molecule has 0 aromatic carbocycles. The molecule has 10 saturated heterocycles. The smallest absolute Gasteiger partial charge is 0.333 e. The number of hydrogen-bond acceptors (Lipinski definition) is 41. The van der Waals surface area contributed by atoms with Crippen LogP contribution >= 0.6 is 0 Å². The molecule has 10 aliphatic rings. The minimum Gasteiger partial charge on any atom is -0.479 e. The molecule has 0 saturated carbocycles. The summed E-state index contributed by atoms with van der Waals surface area (Å²) in [7, 11) is 1.51. The van der Waals surface area contributed by atoms with Crippen LogP contribution < -0.4 is 10.6 Å². The lowest BCUT2D eigenvalue weighted by atomic mass is 9.84. The number of nitrogens with one attached hydrogen (secondary N) is 2. The maximum absolute atomic E-state index is 12.1. The Morgan fingerprint density at radius 2 is 0.838 bits per heavy atom. The number of epoxide rings is 2. The van der Waals surface area contributed by atoms with Gasteiger partial charge in [0.05, 0.1) is 232 Å². The van der Waals surface area contributed by atoms with Crippen molar-refractivity contribution in [2.45, 2.75) is 407 Å². The lowest BCUT2D eigenvalue weighted by molar-refractivity contribution is -0.360. The molecule has 0 radical (unpaired) electrons. The van der Waals surface area contributed by atoms with E-state index in [1.54, 1.807) is 62.3 Å². The van der Waals surface area contributed by atoms with Gasteiger partial charge < -0.3 is 193 Å². The van der Waals surface area contributed by atoms with Crippen molar-refractivity contribution in [1.82, 2.24) is 10.6 Å². The summed E-state index contributed by atoms with van der Waals surface area (Å²) >= 11 is 0. The number of unbranched alkanes of at least 4 members (excludes halogenated alkanes) is 1. The van der Waals surface area contributed by atoms with Gasteiger partial charge in [-0.1, -0.05) is 66.2 Å². The molecule has 0 aliphatic carbocycles. The van der Waals surface area contributed by atoms with Crippen LogP contribution in [0.25, 0.3) is 0 Å². The van der Waals surface area contributed by atoms with Gasteiger partial charge in [-0.05, 0) is 108 Å². The highest BCUT2D eigenvalue weighted by atomic mass is 17.2. The molecule has 41 unspecified atom stereocenters. The van der Waals surface area contributed by atoms with Crippen molar-refractivity contribution in [3.05, 3.63) is 0 Å². The Hall–Kier alpha value is -3.11. The molecule has 798 valence electrons. The number of rotatable bonds is 18. The molecule has 10 fully saturated rings. The number of methoxy groups -OCH3 is 1. The zero-order valence-electron chi connectivity index (χ0n) is 82.3. The van der Waals surface area contributed by atoms with Gasteiger partial charge in [0.25, 0.3) is 0 Å². The number of carbonyl (C=O) groups excluding carboxylic acids is 2. The van der Waals surface area contributed by atoms with Crippen molar-refractivity contribution in [3.8, 4) is 0 Å². The summed E-state index contributed by atoms with van der Waals surface area (Å²) in [6.07, 6.45) is -20.5. The van der Waals surface area contributed by atoms with Crippen molar-refractivity contribution in [2.24, 2.45) is 47.3 Å². The van der Waals surface area contributed by atoms with E-state index in [1.807, 2.05) is 27.7 Å². The standard InChI is InChI=1S/C54H99NO25.C17H29NO10.C13H26O5.C8H14O2/c1-28-39-25-71-53(6,7)69-21-35(61)16-12-13-17-36(62)23-73-74-27-40-29(2)45(64)48(67)52(78-40)80-50-41(76-31(4)43(47(50)66)55-32(5)58)24-68-20-33(59)14-10-11-15-34(60)22-70-54(8,9)72-26-42-49(46(65)37(18-56)30(3)75-42)79-51(77-39)38(19-57)44(28)63;1-6-12(22)9(4-19)17(27-14(6)16(24)25)28-15-10(5-20)26-7(2)11(13(15)23)18-8(3)21;1-8-10(7-17-13(2,3)4)18-12(16-5)9(6-14)11(8)15;1(3-7-5-9-7)2-4-8-6-10-8/h28-31,33-52,56-57,59-67H,10-27H2,1-9H3,(H,55,58);6-7,9-15,17,19-20,22-23H,4-5H2,1-3H3,(H,18,21)(H,24,25);8-12,14-15H,6-7H2,1-5H3;7-8H,1-6H2. The quantitative estimate of drug-likeness (QED) is 0.0410. The van der Waals surface area contributed by atoms with E-state index in [0.29, 0.717) is 70.2 Å². The third kappa shape index (κ3) is 37.4. The molecule has 10 aliphatic heterocycles. The Morgan fingerprint density at radius 3 is 1.35 bits per heavy atom. The molecule has 41 atom stereocenters. The van der Waals surface area contributed by atoms with Crippen LogP contribution in [0, 0.1) is 47.3 Å². The number of carboxylic acids is 1. The summed E-state index contributed by atoms with van der Waals surface area (Å²) in [5.74, 6) is -9.92. The molecule has 2 amide bonds. The molecule has 10 heterocycles. The van der Waals surface area contributed by atoms with E-state index in [-0.39, 0.29) is 77.1 Å². The zero-order valence-corrected chi connectivity index (χ0v) is 82.3. The highest BCUT2D eigenvalue weighted by Crippen LogP contribution is 2.41. The molecule has 44 nitrogen and oxygen atoms in total. The lowest BCUT2D eigenvalue weighted by Gasteiger charge is -2.48. The van der Waals surface area contributed by atoms with Crippen LogP contribution in [0.5, 0.6) is 0 Å². The van der Waals surface area contributed by atoms with Crippen LogP contribution in [0.15, 0.2) is 0 Å². The predicted octanol–water partition coefficient (Wildman–Crippen LogP) is -1.78. The number of carbonyl (C=O) groups is 3. The fraction of sp³-hybridized carbons (Fsp3) is 0.967. The van der Waals surface area contributed by atoms with E-state index in [1.165, 1.54) is 53.6 Å². The Kier molecular flexibility index (Phi) is 50.8. The van der Waals surface area contributed by atoms with E-state index < -0.39 is 281 Å². The van der Waals surface area contributed by atoms with Gasteiger partial charge in [0.2, 0.25) is 11.8 Å². The highest BCUT2D eigenvalue weighted by Gasteiger charge is 2.56. The number of amides is 2. The lowest BCUT2D eigenvalue weighted by Crippen LogP contribution is -2.66. The number of aliphatic hydroxyl groups is 17. The average Bonchev–Trinajstić information content (AvgIpc) is 1.42. The highest BCUT2D eigenvalue weighted by molar-refractivity contribution is 5.74. The van der Waals surface area contributed by atoms with Gasteiger partial charge in [0.1, 0.15) is 68.1 Å². The maximum atomic E-state index is 12.1. The first-order valence-electron chi connectivity index (χ1n) is 48.4. The number of carboxylic acid groups (broad SMARTS) is 1. The molecule has 10 rings (SSSR count). The van der Waals surface area contributed by atoms with Gasteiger partial charge in [0, 0.05) is 50.5 Å². The van der Waals surface area contributed by atoms with Gasteiger partial charge in [-0.15, -0.1) is 0 Å². The summed E-state index contributed by atoms with van der Waals surface area (Å²) in [5, 5.41) is 195. The van der Waals surface area contributed by atoms with Crippen molar-refractivity contribution < 1.29 is 206 Å². The zero-order chi connectivity index (χ0) is 101. The van der Waals surface area contributed by atoms with Crippen LogP contribution in [0.2, 0.25) is 0 Å². The summed E-state index contributed by atoms with van der Waals surface area (Å²) in [6, 6.07) is -1.79. The second-order valence-corrected chi connectivity index (χ2v) is 39.9. The summed E-state index contributed by atoms with van der Waals surface area (Å²) in [5.41, 5.74) is -0.246. The van der Waals surface area contributed by atoms with Gasteiger partial charge in [-0.25, -0.2) is 14.6 Å². The third-order valence-electron chi connectivity index (χ3n) is 26.8. The normalized spacial score (nSPS) is 43.1. The van der Waals surface area contributed by atoms with E-state index in [4.69, 9.17) is 99.8 Å². The van der Waals surface area contributed by atoms with Crippen molar-refractivity contribution in [2.75, 3.05) is 113 Å². The Morgan fingerprint density at radius 1 is 0.404 bits per heavy atom. The van der Waals surface area contributed by atoms with Crippen molar-refractivity contribution in [1.29, 1.82) is 0 Å². The second-order valence-electron chi connectivity index (χ2n) is 39.9. The number of fused-ring (bicyclic) bond motifs is 6. The fourth-order valence-corrected chi connectivity index (χ4v) is 17.7. The predicted molar refractivity (Wildman–Crippen MR) is 476 cm³/mol. The maximum Gasteiger partial charge on any atom is 0.333 e. The Bertz CT molecular complexity index is 3320. The van der Waals surface area contributed by atoms with E-state index in [9.17, 15) is 106 Å². The first-order chi connectivity index (χ1) is 64.1. The molecular formula is C92H168N2O42. The van der Waals surface area contributed by atoms with E-state index in [0.717, 1.165) is 13.2 Å². The molecule has 44 heteroatoms. The fourth-order valence-electron chi connectivity index (χ4n) is 17.7. The summed E-state index contributed by atoms with van der Waals surface area (Å²) in [4.78, 5) is 45.7. The molecule has 0 aromatic rings. The minimum atomic E-state index is -1.58. The summed E-state index contributed by atoms with van der Waals surface area (Å²) < 4.78 is 111. The van der Waals surface area contributed by atoms with Crippen molar-refractivity contribution >= 4 is 17.8 Å². The second kappa shape index (κ2) is 57.7. The van der Waals surface area contributed by atoms with Crippen LogP contribution in [-0.2, 0) is 114 Å². The number of aliphatic carboxylic acids is 1. The molecular weight excluding hydrogens is 1800 g/mol. The molecule has 0 aromatic heterocycles. The third-order valence-corrected chi connectivity index (χ3v) is 26.8. The Labute approximate surface area is 798 Å².